The van der Waals surface area contributed by atoms with Crippen LogP contribution in [0.2, 0.25) is 0 Å². The second-order valence-corrected chi connectivity index (χ2v) is 7.13. The molecule has 2 aromatic rings. The molecule has 10 nitrogen and oxygen atoms in total. The number of benzene rings is 2. The van der Waals surface area contributed by atoms with Crippen molar-refractivity contribution in [1.82, 2.24) is 4.90 Å². The first-order valence-electron chi connectivity index (χ1n) is 9.98. The molecule has 1 saturated heterocycles. The van der Waals surface area contributed by atoms with Crippen LogP contribution in [0.1, 0.15) is 21.5 Å². The van der Waals surface area contributed by atoms with E-state index >= 15 is 0 Å². The van der Waals surface area contributed by atoms with Gasteiger partial charge in [0.15, 0.2) is 11.5 Å². The van der Waals surface area contributed by atoms with Crippen molar-refractivity contribution in [2.45, 2.75) is 6.92 Å². The topological polar surface area (TPSA) is 132 Å². The van der Waals surface area contributed by atoms with Gasteiger partial charge < -0.3 is 19.1 Å². The molecule has 0 aromatic heterocycles. The molecule has 0 saturated carbocycles. The van der Waals surface area contributed by atoms with Crippen molar-refractivity contribution in [2.75, 3.05) is 33.4 Å². The lowest BCUT2D eigenvalue weighted by molar-refractivity contribution is -0.385. The highest BCUT2D eigenvalue weighted by Crippen LogP contribution is 2.30. The number of methoxy groups -OCH3 is 1. The van der Waals surface area contributed by atoms with E-state index in [9.17, 15) is 25.0 Å². The molecule has 1 amide bonds. The molecule has 3 rings (SSSR count). The van der Waals surface area contributed by atoms with Gasteiger partial charge in [0.05, 0.1) is 30.8 Å². The van der Waals surface area contributed by atoms with Gasteiger partial charge in [0.25, 0.3) is 11.6 Å². The van der Waals surface area contributed by atoms with E-state index in [2.05, 4.69) is 0 Å². The van der Waals surface area contributed by atoms with Gasteiger partial charge in [-0.05, 0) is 36.8 Å². The normalized spacial score (nSPS) is 13.7. The van der Waals surface area contributed by atoms with Gasteiger partial charge in [-0.25, -0.2) is 4.79 Å². The van der Waals surface area contributed by atoms with Gasteiger partial charge in [-0.2, -0.15) is 5.26 Å². The summed E-state index contributed by atoms with van der Waals surface area (Å²) in [5.74, 6) is -0.910. The number of aryl methyl sites for hydroxylation is 1. The number of nitriles is 1. The summed E-state index contributed by atoms with van der Waals surface area (Å²) in [5.41, 5.74) is 0.698. The number of morpholine rings is 1. The maximum atomic E-state index is 12.6. The zero-order valence-corrected chi connectivity index (χ0v) is 18.1. The second kappa shape index (κ2) is 10.4. The fourth-order valence-corrected chi connectivity index (χ4v) is 3.20. The van der Waals surface area contributed by atoms with E-state index in [0.29, 0.717) is 37.4 Å². The molecule has 170 valence electrons. The molecule has 10 heteroatoms. The van der Waals surface area contributed by atoms with Crippen LogP contribution in [0.15, 0.2) is 42.0 Å². The zero-order chi connectivity index (χ0) is 24.0. The van der Waals surface area contributed by atoms with Gasteiger partial charge in [-0.3, -0.25) is 14.9 Å². The highest BCUT2D eigenvalue weighted by molar-refractivity contribution is 6.01. The molecule has 0 aliphatic carbocycles. The summed E-state index contributed by atoms with van der Waals surface area (Å²) in [5, 5.41) is 20.6. The number of hydrogen-bond acceptors (Lipinski definition) is 8. The SMILES string of the molecule is COc1cc(/C=C(\C#N)C(=O)N2CCOCC2)ccc1OC(=O)c1ccc(C)c([N+](=O)[O-])c1. The van der Waals surface area contributed by atoms with E-state index in [-0.39, 0.29) is 28.3 Å². The van der Waals surface area contributed by atoms with Crippen LogP contribution in [0.5, 0.6) is 11.5 Å². The third kappa shape index (κ3) is 5.53. The smallest absolute Gasteiger partial charge is 0.343 e. The Kier molecular flexibility index (Phi) is 7.38. The number of carbonyl (C=O) groups excluding carboxylic acids is 2. The third-order valence-corrected chi connectivity index (χ3v) is 4.99. The molecule has 0 atom stereocenters. The van der Waals surface area contributed by atoms with Crippen LogP contribution >= 0.6 is 0 Å². The third-order valence-electron chi connectivity index (χ3n) is 4.99. The zero-order valence-electron chi connectivity index (χ0n) is 18.1. The molecule has 1 aliphatic heterocycles. The molecule has 0 N–H and O–H groups in total. The summed E-state index contributed by atoms with van der Waals surface area (Å²) in [4.78, 5) is 37.2. The van der Waals surface area contributed by atoms with Crippen molar-refractivity contribution >= 4 is 23.6 Å². The van der Waals surface area contributed by atoms with Gasteiger partial charge in [-0.15, -0.1) is 0 Å². The van der Waals surface area contributed by atoms with Gasteiger partial charge in [0, 0.05) is 24.7 Å². The Labute approximate surface area is 189 Å². The molecular weight excluding hydrogens is 430 g/mol. The van der Waals surface area contributed by atoms with Crippen LogP contribution in [0.4, 0.5) is 5.69 Å². The molecule has 33 heavy (non-hydrogen) atoms. The molecule has 1 fully saturated rings. The Morgan fingerprint density at radius 3 is 2.55 bits per heavy atom. The monoisotopic (exact) mass is 451 g/mol. The predicted molar refractivity (Wildman–Crippen MR) is 117 cm³/mol. The Morgan fingerprint density at radius 2 is 1.91 bits per heavy atom. The molecule has 1 heterocycles. The van der Waals surface area contributed by atoms with Gasteiger partial charge in [0.2, 0.25) is 0 Å². The van der Waals surface area contributed by atoms with E-state index in [1.54, 1.807) is 17.9 Å². The molecule has 2 aromatic carbocycles. The number of nitro groups is 1. The van der Waals surface area contributed by atoms with Crippen LogP contribution < -0.4 is 9.47 Å². The number of esters is 1. The van der Waals surface area contributed by atoms with E-state index in [0.717, 1.165) is 6.07 Å². The Morgan fingerprint density at radius 1 is 1.18 bits per heavy atom. The van der Waals surface area contributed by atoms with Crippen LogP contribution in [0.25, 0.3) is 6.08 Å². The van der Waals surface area contributed by atoms with Crippen LogP contribution in [-0.2, 0) is 9.53 Å². The van der Waals surface area contributed by atoms with E-state index in [4.69, 9.17) is 14.2 Å². The number of nitrogens with zero attached hydrogens (tertiary/aromatic N) is 3. The molecular formula is C23H21N3O7. The number of ether oxygens (including phenoxy) is 3. The summed E-state index contributed by atoms with van der Waals surface area (Å²) >= 11 is 0. The molecule has 0 radical (unpaired) electrons. The van der Waals surface area contributed by atoms with E-state index < -0.39 is 16.8 Å². The number of hydrogen-bond donors (Lipinski definition) is 0. The summed E-state index contributed by atoms with van der Waals surface area (Å²) in [7, 11) is 1.38. The first-order valence-corrected chi connectivity index (χ1v) is 9.98. The largest absolute Gasteiger partial charge is 0.493 e. The quantitative estimate of drug-likeness (QED) is 0.164. The fraction of sp³-hybridized carbons (Fsp3) is 0.261. The van der Waals surface area contributed by atoms with Gasteiger partial charge in [0.1, 0.15) is 11.6 Å². The van der Waals surface area contributed by atoms with Crippen LogP contribution in [-0.4, -0.2) is 55.1 Å². The highest BCUT2D eigenvalue weighted by Gasteiger charge is 2.21. The summed E-state index contributed by atoms with van der Waals surface area (Å²) in [6.07, 6.45) is 1.43. The lowest BCUT2D eigenvalue weighted by atomic mass is 10.1. The van der Waals surface area contributed by atoms with Crippen molar-refractivity contribution in [3.8, 4) is 17.6 Å². The minimum atomic E-state index is -0.792. The van der Waals surface area contributed by atoms with Crippen molar-refractivity contribution in [2.24, 2.45) is 0 Å². The van der Waals surface area contributed by atoms with E-state index in [1.165, 1.54) is 37.5 Å². The Balaban J connectivity index is 1.82. The van der Waals surface area contributed by atoms with Crippen molar-refractivity contribution in [3.63, 3.8) is 0 Å². The number of nitro benzene ring substituents is 1. The average Bonchev–Trinajstić information content (AvgIpc) is 2.83. The van der Waals surface area contributed by atoms with Gasteiger partial charge in [-0.1, -0.05) is 12.1 Å². The minimum absolute atomic E-state index is 0.0150. The lowest BCUT2D eigenvalue weighted by Crippen LogP contribution is -2.41. The van der Waals surface area contributed by atoms with Crippen molar-refractivity contribution < 1.29 is 28.7 Å². The fourth-order valence-electron chi connectivity index (χ4n) is 3.20. The van der Waals surface area contributed by atoms with Crippen molar-refractivity contribution in [1.29, 1.82) is 5.26 Å². The van der Waals surface area contributed by atoms with Crippen LogP contribution in [0.3, 0.4) is 0 Å². The number of amides is 1. The Hall–Kier alpha value is -4.23. The molecule has 0 bridgehead atoms. The molecule has 1 aliphatic rings. The Bertz CT molecular complexity index is 1160. The van der Waals surface area contributed by atoms with Gasteiger partial charge >= 0.3 is 5.97 Å². The second-order valence-electron chi connectivity index (χ2n) is 7.13. The summed E-state index contributed by atoms with van der Waals surface area (Å²) in [6, 6.07) is 10.5. The minimum Gasteiger partial charge on any atom is -0.493 e. The lowest BCUT2D eigenvalue weighted by Gasteiger charge is -2.26. The predicted octanol–water partition coefficient (Wildman–Crippen LogP) is 2.90. The first-order chi connectivity index (χ1) is 15.8. The number of rotatable bonds is 6. The van der Waals surface area contributed by atoms with Crippen molar-refractivity contribution in [3.05, 3.63) is 68.8 Å². The van der Waals surface area contributed by atoms with E-state index in [1.807, 2.05) is 6.07 Å². The average molecular weight is 451 g/mol. The highest BCUT2D eigenvalue weighted by atomic mass is 16.6. The first kappa shape index (κ1) is 23.4. The summed E-state index contributed by atoms with van der Waals surface area (Å²) in [6.45, 7) is 3.23. The standard InChI is InChI=1S/C23H21N3O7/c1-15-3-5-17(13-19(15)26(29)30)23(28)33-20-6-4-16(12-21(20)31-2)11-18(14-24)22(27)25-7-9-32-10-8-25/h3-6,11-13H,7-10H2,1-2H3/b18-11+. The molecule has 0 unspecified atom stereocenters. The maximum absolute atomic E-state index is 12.6. The van der Waals surface area contributed by atoms with Crippen LogP contribution in [0, 0.1) is 28.4 Å². The maximum Gasteiger partial charge on any atom is 0.343 e. The number of carbonyl (C=O) groups is 2. The summed E-state index contributed by atoms with van der Waals surface area (Å²) < 4.78 is 15.9. The molecule has 0 spiro atoms.